The van der Waals surface area contributed by atoms with Gasteiger partial charge in [-0.3, -0.25) is 4.68 Å². The van der Waals surface area contributed by atoms with E-state index in [1.54, 1.807) is 27.7 Å². The van der Waals surface area contributed by atoms with E-state index in [2.05, 4.69) is 5.10 Å². The molecule has 2 rings (SSSR count). The molecule has 0 aliphatic carbocycles. The van der Waals surface area contributed by atoms with Crippen LogP contribution >= 0.6 is 0 Å². The molecule has 1 aliphatic rings. The normalized spacial score (nSPS) is 29.9. The van der Waals surface area contributed by atoms with Crippen LogP contribution in [0.4, 0.5) is 0 Å². The zero-order valence-electron chi connectivity index (χ0n) is 15.9. The van der Waals surface area contributed by atoms with E-state index in [0.717, 1.165) is 6.20 Å². The molecule has 0 radical (unpaired) electrons. The summed E-state index contributed by atoms with van der Waals surface area (Å²) < 4.78 is 57.6. The first-order valence-corrected chi connectivity index (χ1v) is 5.11. The lowest BCUT2D eigenvalue weighted by Gasteiger charge is -2.32. The Hall–Kier alpha value is -0.805. The highest BCUT2D eigenvalue weighted by molar-refractivity contribution is 6.61. The molecule has 16 heavy (non-hydrogen) atoms. The maximum atomic E-state index is 7.58. The average Bonchev–Trinajstić information content (AvgIpc) is 2.76. The van der Waals surface area contributed by atoms with E-state index < -0.39 is 32.1 Å². The topological polar surface area (TPSA) is 36.3 Å². The standard InChI is InChI=1S/C11H19BN2O2/c1-8-7-13-14(6)9(8)12-15-10(2,3)11(4,5)16-12/h7H,1-6H3/i1D3,6D3. The van der Waals surface area contributed by atoms with Gasteiger partial charge in [0, 0.05) is 15.2 Å². The SMILES string of the molecule is [2H]C([2H])([2H])c1cnn(C([2H])([2H])[2H])c1B1OC(C)(C)C(C)(C)O1. The number of aryl methyl sites for hydroxylation is 2. The number of nitrogens with zero attached hydrogens (tertiary/aromatic N) is 2. The van der Waals surface area contributed by atoms with E-state index in [-0.39, 0.29) is 11.2 Å². The highest BCUT2D eigenvalue weighted by Gasteiger charge is 2.53. The quantitative estimate of drug-likeness (QED) is 0.673. The molecule has 0 aromatic carbocycles. The summed E-state index contributed by atoms with van der Waals surface area (Å²) >= 11 is 0. The van der Waals surface area contributed by atoms with Crippen LogP contribution in [0.5, 0.6) is 0 Å². The predicted molar refractivity (Wildman–Crippen MR) is 63.7 cm³/mol. The van der Waals surface area contributed by atoms with Gasteiger partial charge < -0.3 is 9.31 Å². The van der Waals surface area contributed by atoms with Crippen molar-refractivity contribution in [2.24, 2.45) is 6.98 Å². The molecule has 2 heterocycles. The van der Waals surface area contributed by atoms with Crippen molar-refractivity contribution in [2.45, 2.75) is 45.7 Å². The van der Waals surface area contributed by atoms with E-state index in [0.29, 0.717) is 4.68 Å². The van der Waals surface area contributed by atoms with Crippen molar-refractivity contribution in [3.63, 3.8) is 0 Å². The molecule has 4 nitrogen and oxygen atoms in total. The first-order chi connectivity index (χ1) is 9.67. The van der Waals surface area contributed by atoms with Crippen molar-refractivity contribution in [1.29, 1.82) is 0 Å². The van der Waals surface area contributed by atoms with Crippen molar-refractivity contribution in [2.75, 3.05) is 0 Å². The molecule has 0 saturated carbocycles. The Morgan fingerprint density at radius 1 is 1.31 bits per heavy atom. The molecule has 0 atom stereocenters. The summed E-state index contributed by atoms with van der Waals surface area (Å²) in [5.74, 6) is 0. The van der Waals surface area contributed by atoms with Crippen LogP contribution in [0, 0.1) is 6.85 Å². The van der Waals surface area contributed by atoms with Gasteiger partial charge in [0.25, 0.3) is 0 Å². The van der Waals surface area contributed by atoms with Crippen LogP contribution in [-0.4, -0.2) is 28.1 Å². The Morgan fingerprint density at radius 2 is 1.94 bits per heavy atom. The summed E-state index contributed by atoms with van der Waals surface area (Å²) in [4.78, 5) is 0. The summed E-state index contributed by atoms with van der Waals surface area (Å²) in [5, 5.41) is 3.73. The summed E-state index contributed by atoms with van der Waals surface area (Å²) in [6, 6.07) is 0. The van der Waals surface area contributed by atoms with Crippen LogP contribution in [0.15, 0.2) is 6.20 Å². The minimum atomic E-state index is -2.62. The monoisotopic (exact) mass is 228 g/mol. The molecule has 1 aromatic heterocycles. The zero-order valence-corrected chi connectivity index (χ0v) is 9.87. The molecule has 0 amide bonds. The summed E-state index contributed by atoms with van der Waals surface area (Å²) in [7, 11) is -1.11. The summed E-state index contributed by atoms with van der Waals surface area (Å²) in [6.07, 6.45) is 1.04. The van der Waals surface area contributed by atoms with Gasteiger partial charge in [-0.05, 0) is 40.1 Å². The van der Waals surface area contributed by atoms with E-state index in [4.69, 9.17) is 17.5 Å². The Morgan fingerprint density at radius 3 is 2.44 bits per heavy atom. The van der Waals surface area contributed by atoms with E-state index in [9.17, 15) is 0 Å². The van der Waals surface area contributed by atoms with Crippen molar-refractivity contribution < 1.29 is 17.5 Å². The number of hydrogen-bond acceptors (Lipinski definition) is 3. The average molecular weight is 228 g/mol. The Bertz CT molecular complexity index is 531. The summed E-state index contributed by atoms with van der Waals surface area (Å²) in [5.41, 5.74) is -1.69. The smallest absolute Gasteiger partial charge is 0.398 e. The van der Waals surface area contributed by atoms with Gasteiger partial charge in [0.05, 0.1) is 23.0 Å². The van der Waals surface area contributed by atoms with Crippen LogP contribution in [0.25, 0.3) is 0 Å². The molecular weight excluding hydrogens is 203 g/mol. The molecule has 0 bridgehead atoms. The molecule has 1 aromatic rings. The number of aromatic nitrogens is 2. The van der Waals surface area contributed by atoms with Gasteiger partial charge in [-0.15, -0.1) is 0 Å². The lowest BCUT2D eigenvalue weighted by atomic mass is 9.82. The van der Waals surface area contributed by atoms with Gasteiger partial charge in [-0.25, -0.2) is 0 Å². The first-order valence-electron chi connectivity index (χ1n) is 8.11. The maximum absolute atomic E-state index is 7.58. The predicted octanol–water partition coefficient (Wildman–Crippen LogP) is 1.03. The van der Waals surface area contributed by atoms with Crippen molar-refractivity contribution in [3.8, 4) is 0 Å². The molecule has 0 spiro atoms. The molecule has 88 valence electrons. The van der Waals surface area contributed by atoms with E-state index in [1.807, 2.05) is 0 Å². The fourth-order valence-corrected chi connectivity index (χ4v) is 1.54. The molecule has 1 aliphatic heterocycles. The number of rotatable bonds is 1. The largest absolute Gasteiger partial charge is 0.514 e. The second-order valence-electron chi connectivity index (χ2n) is 4.94. The van der Waals surface area contributed by atoms with E-state index >= 15 is 0 Å². The summed E-state index contributed by atoms with van der Waals surface area (Å²) in [6.45, 7) is 2.08. The second kappa shape index (κ2) is 3.34. The fourth-order valence-electron chi connectivity index (χ4n) is 1.54. The van der Waals surface area contributed by atoms with Crippen molar-refractivity contribution in [3.05, 3.63) is 11.8 Å². The van der Waals surface area contributed by atoms with Gasteiger partial charge in [-0.1, -0.05) is 0 Å². The van der Waals surface area contributed by atoms with E-state index in [1.165, 1.54) is 0 Å². The van der Waals surface area contributed by atoms with Gasteiger partial charge in [0.2, 0.25) is 0 Å². The Labute approximate surface area is 106 Å². The van der Waals surface area contributed by atoms with Crippen LogP contribution in [-0.2, 0) is 16.3 Å². The third-order valence-corrected chi connectivity index (χ3v) is 3.28. The molecular formula is C11H19BN2O2. The Kier molecular flexibility index (Phi) is 1.30. The van der Waals surface area contributed by atoms with Crippen LogP contribution in [0.3, 0.4) is 0 Å². The molecule has 0 N–H and O–H groups in total. The maximum Gasteiger partial charge on any atom is 0.514 e. The number of hydrogen-bond donors (Lipinski definition) is 0. The third kappa shape index (κ3) is 1.58. The molecule has 5 heteroatoms. The zero-order chi connectivity index (χ0) is 17.1. The second-order valence-corrected chi connectivity index (χ2v) is 4.94. The molecule has 1 saturated heterocycles. The van der Waals surface area contributed by atoms with Gasteiger partial charge >= 0.3 is 7.12 Å². The van der Waals surface area contributed by atoms with Gasteiger partial charge in [-0.2, -0.15) is 5.10 Å². The first kappa shape index (κ1) is 6.22. The van der Waals surface area contributed by atoms with Crippen molar-refractivity contribution in [1.82, 2.24) is 9.78 Å². The highest BCUT2D eigenvalue weighted by Crippen LogP contribution is 2.36. The lowest BCUT2D eigenvalue weighted by Crippen LogP contribution is -2.41. The van der Waals surface area contributed by atoms with Gasteiger partial charge in [0.1, 0.15) is 0 Å². The minimum Gasteiger partial charge on any atom is -0.398 e. The third-order valence-electron chi connectivity index (χ3n) is 3.28. The highest BCUT2D eigenvalue weighted by atomic mass is 16.7. The lowest BCUT2D eigenvalue weighted by molar-refractivity contribution is 0.00578. The van der Waals surface area contributed by atoms with Crippen LogP contribution in [0.2, 0.25) is 0 Å². The van der Waals surface area contributed by atoms with Crippen LogP contribution in [0.1, 0.15) is 41.5 Å². The van der Waals surface area contributed by atoms with Crippen LogP contribution < -0.4 is 5.59 Å². The van der Waals surface area contributed by atoms with Gasteiger partial charge in [0.15, 0.2) is 0 Å². The van der Waals surface area contributed by atoms with Crippen molar-refractivity contribution >= 4 is 12.7 Å². The molecule has 0 unspecified atom stereocenters. The fraction of sp³-hybridized carbons (Fsp3) is 0.727. The Balaban J connectivity index is 2.57. The molecule has 1 fully saturated rings. The minimum absolute atomic E-state index is 0.0846.